The van der Waals surface area contributed by atoms with Crippen molar-refractivity contribution in [3.63, 3.8) is 0 Å². The van der Waals surface area contributed by atoms with Crippen LogP contribution in [0.25, 0.3) is 11.3 Å². The summed E-state index contributed by atoms with van der Waals surface area (Å²) in [7, 11) is 0. The smallest absolute Gasteiger partial charge is 0.322 e. The Hall–Kier alpha value is -3.06. The Morgan fingerprint density at radius 2 is 1.88 bits per heavy atom. The molecule has 26 heavy (non-hydrogen) atoms. The van der Waals surface area contributed by atoms with Crippen LogP contribution < -0.4 is 10.6 Å². The van der Waals surface area contributed by atoms with Crippen LogP contribution in [0.1, 0.15) is 0 Å². The molecule has 132 valence electrons. The van der Waals surface area contributed by atoms with E-state index in [9.17, 15) is 4.79 Å². The molecule has 0 spiro atoms. The first-order valence-corrected chi connectivity index (χ1v) is 9.18. The molecule has 3 rings (SSSR count). The van der Waals surface area contributed by atoms with Crippen LogP contribution in [-0.4, -0.2) is 33.8 Å². The normalized spacial score (nSPS) is 10.3. The molecule has 6 nitrogen and oxygen atoms in total. The lowest BCUT2D eigenvalue weighted by Crippen LogP contribution is -2.15. The van der Waals surface area contributed by atoms with Gasteiger partial charge in [0.05, 0.1) is 5.69 Å². The summed E-state index contributed by atoms with van der Waals surface area (Å²) in [5.41, 5.74) is 2.53. The predicted octanol–water partition coefficient (Wildman–Crippen LogP) is 4.11. The quantitative estimate of drug-likeness (QED) is 0.543. The zero-order chi connectivity index (χ0) is 18.4. The van der Waals surface area contributed by atoms with Crippen LogP contribution in [0.15, 0.2) is 65.6 Å². The molecule has 0 aliphatic carbocycles. The first-order chi connectivity index (χ1) is 12.6. The van der Waals surface area contributed by atoms with Gasteiger partial charge in [0.2, 0.25) is 5.95 Å². The molecule has 3 aromatic rings. The minimum absolute atomic E-state index is 0.250. The van der Waals surface area contributed by atoms with Crippen LogP contribution in [0.3, 0.4) is 0 Å². The highest BCUT2D eigenvalue weighted by molar-refractivity contribution is 7.98. The number of hydrogen-bond donors (Lipinski definition) is 3. The Kier molecular flexibility index (Phi) is 5.70. The molecule has 0 amide bonds. The van der Waals surface area contributed by atoms with Crippen molar-refractivity contribution in [2.75, 3.05) is 23.4 Å². The molecule has 0 saturated carbocycles. The number of aromatic nitrogens is 2. The van der Waals surface area contributed by atoms with Crippen molar-refractivity contribution in [1.29, 1.82) is 0 Å². The predicted molar refractivity (Wildman–Crippen MR) is 105 cm³/mol. The molecule has 0 aliphatic heterocycles. The van der Waals surface area contributed by atoms with Gasteiger partial charge in [0.15, 0.2) is 0 Å². The van der Waals surface area contributed by atoms with E-state index in [2.05, 4.69) is 20.6 Å². The number of nitrogens with one attached hydrogen (secondary N) is 2. The van der Waals surface area contributed by atoms with Gasteiger partial charge in [0.25, 0.3) is 0 Å². The zero-order valence-electron chi connectivity index (χ0n) is 14.1. The van der Waals surface area contributed by atoms with Crippen molar-refractivity contribution in [3.05, 3.63) is 60.7 Å². The van der Waals surface area contributed by atoms with Crippen LogP contribution in [0.2, 0.25) is 0 Å². The molecule has 1 heterocycles. The van der Waals surface area contributed by atoms with E-state index in [1.54, 1.807) is 11.8 Å². The lowest BCUT2D eigenvalue weighted by molar-refractivity contribution is -0.134. The van der Waals surface area contributed by atoms with Gasteiger partial charge in [0, 0.05) is 22.2 Å². The molecule has 0 saturated heterocycles. The molecular formula is C19H18N4O2S. The van der Waals surface area contributed by atoms with E-state index in [0.717, 1.165) is 16.1 Å². The minimum atomic E-state index is -0.971. The van der Waals surface area contributed by atoms with Crippen LogP contribution >= 0.6 is 11.8 Å². The van der Waals surface area contributed by atoms with Crippen LogP contribution in [-0.2, 0) is 4.79 Å². The molecule has 2 aromatic carbocycles. The van der Waals surface area contributed by atoms with Crippen molar-refractivity contribution < 1.29 is 9.90 Å². The Balaban J connectivity index is 1.94. The average molecular weight is 366 g/mol. The number of aliphatic carboxylic acids is 1. The van der Waals surface area contributed by atoms with E-state index in [0.29, 0.717) is 11.5 Å². The van der Waals surface area contributed by atoms with Crippen LogP contribution in [0, 0.1) is 0 Å². The van der Waals surface area contributed by atoms with Gasteiger partial charge in [-0.1, -0.05) is 36.4 Å². The van der Waals surface area contributed by atoms with Crippen molar-refractivity contribution in [1.82, 2.24) is 9.97 Å². The first-order valence-electron chi connectivity index (χ1n) is 7.95. The minimum Gasteiger partial charge on any atom is -0.480 e. The van der Waals surface area contributed by atoms with Crippen molar-refractivity contribution in [2.24, 2.45) is 0 Å². The van der Waals surface area contributed by atoms with Gasteiger partial charge < -0.3 is 15.7 Å². The Morgan fingerprint density at radius 3 is 2.62 bits per heavy atom. The van der Waals surface area contributed by atoms with Crippen LogP contribution in [0.5, 0.6) is 0 Å². The summed E-state index contributed by atoms with van der Waals surface area (Å²) in [5, 5.41) is 14.9. The average Bonchev–Trinajstić information content (AvgIpc) is 2.67. The zero-order valence-corrected chi connectivity index (χ0v) is 15.0. The summed E-state index contributed by atoms with van der Waals surface area (Å²) >= 11 is 1.66. The van der Waals surface area contributed by atoms with E-state index in [1.807, 2.05) is 66.9 Å². The summed E-state index contributed by atoms with van der Waals surface area (Å²) in [6, 6.07) is 19.5. The maximum absolute atomic E-state index is 10.8. The number of carboxylic acids is 1. The van der Waals surface area contributed by atoms with Gasteiger partial charge in [-0.3, -0.25) is 4.79 Å². The first kappa shape index (κ1) is 17.8. The fraction of sp³-hybridized carbons (Fsp3) is 0.105. The van der Waals surface area contributed by atoms with Gasteiger partial charge in [-0.15, -0.1) is 11.8 Å². The van der Waals surface area contributed by atoms with E-state index in [1.165, 1.54) is 0 Å². The molecule has 0 radical (unpaired) electrons. The number of carbonyl (C=O) groups is 1. The van der Waals surface area contributed by atoms with Gasteiger partial charge in [0.1, 0.15) is 12.4 Å². The SMILES string of the molecule is CSc1cccc(Nc2cc(-c3ccccc3)nc(NCC(=O)O)n2)c1. The topological polar surface area (TPSA) is 87.1 Å². The number of benzene rings is 2. The van der Waals surface area contributed by atoms with Crippen molar-refractivity contribution in [2.45, 2.75) is 4.90 Å². The molecule has 1 aromatic heterocycles. The monoisotopic (exact) mass is 366 g/mol. The molecule has 3 N–H and O–H groups in total. The van der Waals surface area contributed by atoms with Gasteiger partial charge in [-0.05, 0) is 24.5 Å². The third kappa shape index (κ3) is 4.73. The van der Waals surface area contributed by atoms with E-state index >= 15 is 0 Å². The van der Waals surface area contributed by atoms with Gasteiger partial charge in [-0.25, -0.2) is 4.98 Å². The third-order valence-corrected chi connectivity index (χ3v) is 4.26. The highest BCUT2D eigenvalue weighted by Gasteiger charge is 2.08. The number of thioether (sulfide) groups is 1. The molecule has 0 fully saturated rings. The van der Waals surface area contributed by atoms with Gasteiger partial charge in [-0.2, -0.15) is 4.98 Å². The molecule has 0 aliphatic rings. The fourth-order valence-corrected chi connectivity index (χ4v) is 2.81. The highest BCUT2D eigenvalue weighted by Crippen LogP contribution is 2.25. The maximum atomic E-state index is 10.8. The molecule has 0 bridgehead atoms. The third-order valence-electron chi connectivity index (χ3n) is 3.54. The second kappa shape index (κ2) is 8.35. The van der Waals surface area contributed by atoms with Gasteiger partial charge >= 0.3 is 5.97 Å². The second-order valence-corrected chi connectivity index (χ2v) is 6.31. The Labute approximate surface area is 155 Å². The number of rotatable bonds is 7. The highest BCUT2D eigenvalue weighted by atomic mass is 32.2. The summed E-state index contributed by atoms with van der Waals surface area (Å²) in [5.74, 6) is -0.122. The van der Waals surface area contributed by atoms with Crippen molar-refractivity contribution in [3.8, 4) is 11.3 Å². The largest absolute Gasteiger partial charge is 0.480 e. The Bertz CT molecular complexity index is 903. The number of anilines is 3. The lowest BCUT2D eigenvalue weighted by atomic mass is 10.1. The van der Waals surface area contributed by atoms with Crippen LogP contribution in [0.4, 0.5) is 17.5 Å². The second-order valence-electron chi connectivity index (χ2n) is 5.43. The molecular weight excluding hydrogens is 348 g/mol. The molecule has 0 unspecified atom stereocenters. The Morgan fingerprint density at radius 1 is 1.08 bits per heavy atom. The van der Waals surface area contributed by atoms with E-state index in [-0.39, 0.29) is 12.5 Å². The number of hydrogen-bond acceptors (Lipinski definition) is 6. The maximum Gasteiger partial charge on any atom is 0.322 e. The standard InChI is InChI=1S/C19H18N4O2S/c1-26-15-9-5-8-14(10-15)21-17-11-16(13-6-3-2-4-7-13)22-19(23-17)20-12-18(24)25/h2-11H,12H2,1H3,(H,24,25)(H2,20,21,22,23). The molecule has 7 heteroatoms. The summed E-state index contributed by atoms with van der Waals surface area (Å²) in [6.07, 6.45) is 2.02. The van der Waals surface area contributed by atoms with E-state index in [4.69, 9.17) is 5.11 Å². The summed E-state index contributed by atoms with van der Waals surface area (Å²) in [6.45, 7) is -0.250. The number of nitrogens with zero attached hydrogens (tertiary/aromatic N) is 2. The summed E-state index contributed by atoms with van der Waals surface area (Å²) < 4.78 is 0. The number of carboxylic acid groups (broad SMARTS) is 1. The van der Waals surface area contributed by atoms with Crippen molar-refractivity contribution >= 4 is 35.2 Å². The lowest BCUT2D eigenvalue weighted by Gasteiger charge is -2.11. The molecule has 0 atom stereocenters. The summed E-state index contributed by atoms with van der Waals surface area (Å²) in [4.78, 5) is 20.8. The van der Waals surface area contributed by atoms with E-state index < -0.39 is 5.97 Å². The fourth-order valence-electron chi connectivity index (χ4n) is 2.35.